The molecule has 0 aromatic heterocycles. The van der Waals surface area contributed by atoms with Crippen molar-refractivity contribution in [2.75, 3.05) is 12.4 Å². The molecule has 2 aromatic carbocycles. The van der Waals surface area contributed by atoms with E-state index in [1.807, 2.05) is 63.2 Å². The predicted octanol–water partition coefficient (Wildman–Crippen LogP) is 4.82. The van der Waals surface area contributed by atoms with E-state index in [1.54, 1.807) is 7.11 Å². The lowest BCUT2D eigenvalue weighted by Gasteiger charge is -2.27. The summed E-state index contributed by atoms with van der Waals surface area (Å²) in [7, 11) is 1.63. The number of anilines is 1. The fourth-order valence-electron chi connectivity index (χ4n) is 2.25. The Kier molecular flexibility index (Phi) is 5.31. The minimum atomic E-state index is -0.499. The van der Waals surface area contributed by atoms with Crippen molar-refractivity contribution in [3.05, 3.63) is 58.1 Å². The maximum Gasteiger partial charge on any atom is 0.319 e. The van der Waals surface area contributed by atoms with Gasteiger partial charge in [0.1, 0.15) is 5.75 Å². The number of halogens is 1. The van der Waals surface area contributed by atoms with Gasteiger partial charge in [0.25, 0.3) is 0 Å². The number of aryl methyl sites for hydroxylation is 1. The van der Waals surface area contributed by atoms with Crippen LogP contribution in [0.4, 0.5) is 10.5 Å². The molecule has 0 fully saturated rings. The molecule has 0 saturated carbocycles. The van der Waals surface area contributed by atoms with Crippen molar-refractivity contribution in [1.82, 2.24) is 5.32 Å². The van der Waals surface area contributed by atoms with Crippen LogP contribution in [-0.2, 0) is 5.54 Å². The smallest absolute Gasteiger partial charge is 0.319 e. The van der Waals surface area contributed by atoms with Crippen molar-refractivity contribution in [2.24, 2.45) is 0 Å². The number of benzene rings is 2. The summed E-state index contributed by atoms with van der Waals surface area (Å²) in [6, 6.07) is 13.1. The predicted molar refractivity (Wildman–Crippen MR) is 97.1 cm³/mol. The van der Waals surface area contributed by atoms with Crippen LogP contribution in [0.2, 0.25) is 0 Å². The molecule has 2 N–H and O–H groups in total. The zero-order valence-corrected chi connectivity index (χ0v) is 15.3. The first-order valence-corrected chi connectivity index (χ1v) is 8.11. The molecule has 4 nitrogen and oxygen atoms in total. The van der Waals surface area contributed by atoms with Gasteiger partial charge in [-0.05, 0) is 62.2 Å². The lowest BCUT2D eigenvalue weighted by atomic mass is 9.94. The number of hydrogen-bond acceptors (Lipinski definition) is 2. The lowest BCUT2D eigenvalue weighted by molar-refractivity contribution is 0.242. The van der Waals surface area contributed by atoms with Gasteiger partial charge in [-0.3, -0.25) is 0 Å². The van der Waals surface area contributed by atoms with Gasteiger partial charge in [0, 0.05) is 10.2 Å². The van der Waals surface area contributed by atoms with E-state index in [-0.39, 0.29) is 6.03 Å². The van der Waals surface area contributed by atoms with Crippen LogP contribution in [0.25, 0.3) is 0 Å². The molecule has 2 rings (SSSR count). The average molecular weight is 377 g/mol. The first kappa shape index (κ1) is 17.3. The molecule has 0 aliphatic heterocycles. The van der Waals surface area contributed by atoms with Crippen LogP contribution >= 0.6 is 15.9 Å². The first-order chi connectivity index (χ1) is 10.8. The van der Waals surface area contributed by atoms with Gasteiger partial charge < -0.3 is 15.4 Å². The fraction of sp³-hybridized carbons (Fsp3) is 0.278. The maximum atomic E-state index is 12.3. The molecule has 0 atom stereocenters. The summed E-state index contributed by atoms with van der Waals surface area (Å²) in [6.45, 7) is 5.90. The zero-order valence-electron chi connectivity index (χ0n) is 13.7. The molecular formula is C18H21BrN2O2. The fourth-order valence-corrected chi connectivity index (χ4v) is 2.50. The normalized spacial score (nSPS) is 11.0. The zero-order chi connectivity index (χ0) is 17.0. The van der Waals surface area contributed by atoms with Gasteiger partial charge in [0.2, 0.25) is 0 Å². The van der Waals surface area contributed by atoms with Crippen LogP contribution in [0.1, 0.15) is 25.0 Å². The van der Waals surface area contributed by atoms with Crippen LogP contribution < -0.4 is 15.4 Å². The molecule has 0 radical (unpaired) electrons. The van der Waals surface area contributed by atoms with Gasteiger partial charge in [-0.1, -0.05) is 28.1 Å². The van der Waals surface area contributed by atoms with Crippen molar-refractivity contribution in [3.63, 3.8) is 0 Å². The Bertz CT molecular complexity index is 697. The quantitative estimate of drug-likeness (QED) is 0.803. The van der Waals surface area contributed by atoms with Gasteiger partial charge in [0.15, 0.2) is 0 Å². The number of nitrogens with one attached hydrogen (secondary N) is 2. The molecule has 0 unspecified atom stereocenters. The molecule has 2 amide bonds. The Balaban J connectivity index is 2.06. The summed E-state index contributed by atoms with van der Waals surface area (Å²) in [4.78, 5) is 12.3. The summed E-state index contributed by atoms with van der Waals surface area (Å²) in [5.41, 5.74) is 2.33. The highest BCUT2D eigenvalue weighted by Crippen LogP contribution is 2.23. The number of carbonyl (C=O) groups is 1. The van der Waals surface area contributed by atoms with Gasteiger partial charge in [-0.15, -0.1) is 0 Å². The van der Waals surface area contributed by atoms with Crippen LogP contribution in [0.15, 0.2) is 46.9 Å². The van der Waals surface area contributed by atoms with E-state index in [9.17, 15) is 4.79 Å². The number of amides is 2. The standard InChI is InChI=1S/C18H21BrN2O2/c1-12-11-14(7-10-16(12)19)20-17(22)21-18(2,3)13-5-8-15(23-4)9-6-13/h5-11H,1-4H3,(H2,20,21,22). The number of hydrogen-bond donors (Lipinski definition) is 2. The summed E-state index contributed by atoms with van der Waals surface area (Å²) >= 11 is 3.45. The number of methoxy groups -OCH3 is 1. The van der Waals surface area contributed by atoms with Crippen LogP contribution in [0.3, 0.4) is 0 Å². The number of urea groups is 1. The average Bonchev–Trinajstić information content (AvgIpc) is 2.50. The van der Waals surface area contributed by atoms with Crippen molar-refractivity contribution >= 4 is 27.6 Å². The van der Waals surface area contributed by atoms with E-state index in [2.05, 4.69) is 26.6 Å². The van der Waals surface area contributed by atoms with Crippen molar-refractivity contribution in [2.45, 2.75) is 26.3 Å². The maximum absolute atomic E-state index is 12.3. The Morgan fingerprint density at radius 1 is 1.13 bits per heavy atom. The molecule has 2 aromatic rings. The van der Waals surface area contributed by atoms with Gasteiger partial charge in [-0.2, -0.15) is 0 Å². The highest BCUT2D eigenvalue weighted by atomic mass is 79.9. The Morgan fingerprint density at radius 3 is 2.35 bits per heavy atom. The summed E-state index contributed by atoms with van der Waals surface area (Å²) < 4.78 is 6.17. The van der Waals surface area contributed by atoms with Crippen molar-refractivity contribution in [3.8, 4) is 5.75 Å². The highest BCUT2D eigenvalue weighted by molar-refractivity contribution is 9.10. The van der Waals surface area contributed by atoms with Crippen molar-refractivity contribution in [1.29, 1.82) is 0 Å². The third-order valence-corrected chi connectivity index (χ3v) is 4.54. The van der Waals surface area contributed by atoms with E-state index >= 15 is 0 Å². The van der Waals surface area contributed by atoms with Crippen molar-refractivity contribution < 1.29 is 9.53 Å². The van der Waals surface area contributed by atoms with E-state index in [0.717, 1.165) is 27.0 Å². The molecule has 0 heterocycles. The summed E-state index contributed by atoms with van der Waals surface area (Å²) in [5, 5.41) is 5.85. The van der Waals surface area contributed by atoms with Crippen LogP contribution in [-0.4, -0.2) is 13.1 Å². The monoisotopic (exact) mass is 376 g/mol. The largest absolute Gasteiger partial charge is 0.497 e. The first-order valence-electron chi connectivity index (χ1n) is 7.31. The highest BCUT2D eigenvalue weighted by Gasteiger charge is 2.23. The molecule has 122 valence electrons. The Labute approximate surface area is 145 Å². The number of ether oxygens (including phenoxy) is 1. The second-order valence-corrected chi connectivity index (χ2v) is 6.75. The Morgan fingerprint density at radius 2 is 1.78 bits per heavy atom. The Hall–Kier alpha value is -2.01. The van der Waals surface area contributed by atoms with E-state index in [0.29, 0.717) is 0 Å². The number of rotatable bonds is 4. The second kappa shape index (κ2) is 7.04. The summed E-state index contributed by atoms with van der Waals surface area (Å²) in [6.07, 6.45) is 0. The molecule has 23 heavy (non-hydrogen) atoms. The SMILES string of the molecule is COc1ccc(C(C)(C)NC(=O)Nc2ccc(Br)c(C)c2)cc1. The minimum absolute atomic E-state index is 0.243. The third-order valence-electron chi connectivity index (χ3n) is 3.65. The molecule has 0 bridgehead atoms. The van der Waals surface area contributed by atoms with Gasteiger partial charge >= 0.3 is 6.03 Å². The van der Waals surface area contributed by atoms with Gasteiger partial charge in [0.05, 0.1) is 12.6 Å². The molecular weight excluding hydrogens is 356 g/mol. The van der Waals surface area contributed by atoms with Gasteiger partial charge in [-0.25, -0.2) is 4.79 Å². The molecule has 0 aliphatic rings. The number of carbonyl (C=O) groups excluding carboxylic acids is 1. The lowest BCUT2D eigenvalue weighted by Crippen LogP contribution is -2.43. The van der Waals surface area contributed by atoms with E-state index in [4.69, 9.17) is 4.74 Å². The molecule has 5 heteroatoms. The molecule has 0 saturated heterocycles. The second-order valence-electron chi connectivity index (χ2n) is 5.90. The molecule has 0 aliphatic carbocycles. The topological polar surface area (TPSA) is 50.4 Å². The van der Waals surface area contributed by atoms with E-state index < -0.39 is 5.54 Å². The van der Waals surface area contributed by atoms with Crippen LogP contribution in [0, 0.1) is 6.92 Å². The molecule has 0 spiro atoms. The minimum Gasteiger partial charge on any atom is -0.497 e. The third kappa shape index (κ3) is 4.48. The van der Waals surface area contributed by atoms with Crippen LogP contribution in [0.5, 0.6) is 5.75 Å². The summed E-state index contributed by atoms with van der Waals surface area (Å²) in [5.74, 6) is 0.791. The van der Waals surface area contributed by atoms with E-state index in [1.165, 1.54) is 0 Å².